The zero-order valence-electron chi connectivity index (χ0n) is 21.7. The van der Waals surface area contributed by atoms with Crippen molar-refractivity contribution in [1.29, 1.82) is 0 Å². The molecule has 0 radical (unpaired) electrons. The number of nitrogens with one attached hydrogen (secondary N) is 2. The fraction of sp³-hybridized carbons (Fsp3) is 0.385. The van der Waals surface area contributed by atoms with Gasteiger partial charge in [0.2, 0.25) is 0 Å². The van der Waals surface area contributed by atoms with E-state index in [9.17, 15) is 14.4 Å². The maximum absolute atomic E-state index is 12.8. The number of amides is 2. The van der Waals surface area contributed by atoms with Crippen molar-refractivity contribution in [3.8, 4) is 17.2 Å². The highest BCUT2D eigenvalue weighted by Gasteiger charge is 2.25. The van der Waals surface area contributed by atoms with Crippen LogP contribution in [0.25, 0.3) is 0 Å². The molecule has 2 aromatic carbocycles. The number of halogens is 2. The summed E-state index contributed by atoms with van der Waals surface area (Å²) in [5.41, 5.74) is 3.00. The van der Waals surface area contributed by atoms with Gasteiger partial charge >= 0.3 is 6.16 Å². The summed E-state index contributed by atoms with van der Waals surface area (Å²) in [5.74, 6) is -0.163. The van der Waals surface area contributed by atoms with Gasteiger partial charge in [0, 0.05) is 5.02 Å². The van der Waals surface area contributed by atoms with Crippen molar-refractivity contribution in [2.24, 2.45) is 11.0 Å². The zero-order chi connectivity index (χ0) is 28.2. The molecule has 2 atom stereocenters. The third kappa shape index (κ3) is 9.75. The summed E-state index contributed by atoms with van der Waals surface area (Å²) in [7, 11) is 1.42. The fourth-order valence-corrected chi connectivity index (χ4v) is 3.59. The molecule has 38 heavy (non-hydrogen) atoms. The van der Waals surface area contributed by atoms with E-state index in [2.05, 4.69) is 15.8 Å². The topological polar surface area (TPSA) is 125 Å². The van der Waals surface area contributed by atoms with Crippen LogP contribution in [0, 0.1) is 5.92 Å². The molecule has 0 saturated heterocycles. The average molecular weight is 568 g/mol. The van der Waals surface area contributed by atoms with E-state index < -0.39 is 30.1 Å². The Morgan fingerprint density at radius 2 is 1.71 bits per heavy atom. The Hall–Kier alpha value is -3.50. The SMILES string of the molecule is CCOC(=O)Oc1ccc(/C=N\NC(=O)[C@H](CC(C)C)NC(=O)[C@@H](C)Oc2ccc(Cl)cc2Cl)cc1OC. The van der Waals surface area contributed by atoms with E-state index >= 15 is 0 Å². The summed E-state index contributed by atoms with van der Waals surface area (Å²) in [6, 6.07) is 8.49. The van der Waals surface area contributed by atoms with Gasteiger partial charge in [0.15, 0.2) is 17.6 Å². The summed E-state index contributed by atoms with van der Waals surface area (Å²) in [5, 5.41) is 7.38. The molecular formula is C26H31Cl2N3O7. The molecule has 206 valence electrons. The molecular weight excluding hydrogens is 537 g/mol. The van der Waals surface area contributed by atoms with Crippen LogP contribution >= 0.6 is 23.2 Å². The van der Waals surface area contributed by atoms with E-state index in [0.717, 1.165) is 0 Å². The molecule has 0 fully saturated rings. The van der Waals surface area contributed by atoms with Gasteiger partial charge < -0.3 is 24.3 Å². The van der Waals surface area contributed by atoms with E-state index in [0.29, 0.717) is 22.8 Å². The molecule has 2 aromatic rings. The molecule has 10 nitrogen and oxygen atoms in total. The summed E-state index contributed by atoms with van der Waals surface area (Å²) in [6.07, 6.45) is -0.0251. The van der Waals surface area contributed by atoms with Crippen molar-refractivity contribution >= 4 is 47.4 Å². The highest BCUT2D eigenvalue weighted by molar-refractivity contribution is 6.35. The third-order valence-electron chi connectivity index (χ3n) is 4.94. The maximum Gasteiger partial charge on any atom is 0.513 e. The van der Waals surface area contributed by atoms with Gasteiger partial charge in [0.25, 0.3) is 11.8 Å². The van der Waals surface area contributed by atoms with Crippen molar-refractivity contribution in [3.05, 3.63) is 52.0 Å². The first-order valence-corrected chi connectivity index (χ1v) is 12.6. The minimum atomic E-state index is -0.928. The molecule has 0 unspecified atom stereocenters. The van der Waals surface area contributed by atoms with E-state index in [1.165, 1.54) is 25.5 Å². The molecule has 0 aliphatic rings. The minimum absolute atomic E-state index is 0.105. The molecule has 0 aliphatic heterocycles. The third-order valence-corrected chi connectivity index (χ3v) is 5.47. The van der Waals surface area contributed by atoms with Gasteiger partial charge in [-0.05, 0) is 68.1 Å². The van der Waals surface area contributed by atoms with Crippen molar-refractivity contribution in [3.63, 3.8) is 0 Å². The van der Waals surface area contributed by atoms with Gasteiger partial charge in [-0.1, -0.05) is 37.0 Å². The number of benzene rings is 2. The van der Waals surface area contributed by atoms with E-state index in [-0.39, 0.29) is 29.0 Å². The molecule has 2 rings (SSSR count). The summed E-state index contributed by atoms with van der Waals surface area (Å²) < 4.78 is 20.7. The first-order valence-electron chi connectivity index (χ1n) is 11.8. The lowest BCUT2D eigenvalue weighted by Crippen LogP contribution is -2.49. The quantitative estimate of drug-likeness (QED) is 0.160. The van der Waals surface area contributed by atoms with E-state index in [1.54, 1.807) is 38.1 Å². The van der Waals surface area contributed by atoms with Crippen LogP contribution in [0.3, 0.4) is 0 Å². The van der Waals surface area contributed by atoms with E-state index in [4.69, 9.17) is 42.1 Å². The second-order valence-electron chi connectivity index (χ2n) is 8.46. The lowest BCUT2D eigenvalue weighted by molar-refractivity contribution is -0.132. The molecule has 2 N–H and O–H groups in total. The van der Waals surface area contributed by atoms with E-state index in [1.807, 2.05) is 13.8 Å². The lowest BCUT2D eigenvalue weighted by Gasteiger charge is -2.22. The highest BCUT2D eigenvalue weighted by atomic mass is 35.5. The zero-order valence-corrected chi connectivity index (χ0v) is 23.3. The first-order chi connectivity index (χ1) is 18.0. The lowest BCUT2D eigenvalue weighted by atomic mass is 10.0. The van der Waals surface area contributed by atoms with Crippen molar-refractivity contribution in [2.75, 3.05) is 13.7 Å². The number of rotatable bonds is 12. The van der Waals surface area contributed by atoms with Gasteiger partial charge in [-0.3, -0.25) is 9.59 Å². The number of hydrazone groups is 1. The molecule has 0 saturated carbocycles. The van der Waals surface area contributed by atoms with Crippen LogP contribution in [0.4, 0.5) is 4.79 Å². The monoisotopic (exact) mass is 567 g/mol. The minimum Gasteiger partial charge on any atom is -0.493 e. The predicted octanol–water partition coefficient (Wildman–Crippen LogP) is 4.99. The Morgan fingerprint density at radius 3 is 2.34 bits per heavy atom. The Balaban J connectivity index is 2.03. The van der Waals surface area contributed by atoms with Gasteiger partial charge in [0.05, 0.1) is 25.0 Å². The molecule has 0 aromatic heterocycles. The van der Waals surface area contributed by atoms with Crippen molar-refractivity contribution in [1.82, 2.24) is 10.7 Å². The molecule has 0 heterocycles. The van der Waals surface area contributed by atoms with Gasteiger partial charge in [-0.15, -0.1) is 0 Å². The predicted molar refractivity (Wildman–Crippen MR) is 144 cm³/mol. The first kappa shape index (κ1) is 30.7. The number of carbonyl (C=O) groups is 3. The average Bonchev–Trinajstić information content (AvgIpc) is 2.85. The molecule has 12 heteroatoms. The van der Waals surface area contributed by atoms with Crippen molar-refractivity contribution in [2.45, 2.75) is 46.3 Å². The normalized spacial score (nSPS) is 12.5. The standard InChI is InChI=1S/C26H31Cl2N3O7/c1-6-36-26(34)38-22-9-7-17(12-23(22)35-5)14-29-31-25(33)20(11-15(2)3)30-24(32)16(4)37-21-10-8-18(27)13-19(21)28/h7-10,12-16,20H,6,11H2,1-5H3,(H,30,32)(H,31,33)/b29-14-/t16-,20+/m1/s1. The van der Waals surface area contributed by atoms with Crippen LogP contribution in [0.15, 0.2) is 41.5 Å². The summed E-state index contributed by atoms with van der Waals surface area (Å²) in [6.45, 7) is 7.23. The van der Waals surface area contributed by atoms with Crippen LogP contribution in [0.5, 0.6) is 17.2 Å². The van der Waals surface area contributed by atoms with Gasteiger partial charge in [-0.25, -0.2) is 10.2 Å². The maximum atomic E-state index is 12.8. The van der Waals surface area contributed by atoms with Gasteiger partial charge in [0.1, 0.15) is 11.8 Å². The van der Waals surface area contributed by atoms with Crippen LogP contribution in [-0.4, -0.2) is 50.0 Å². The second-order valence-corrected chi connectivity index (χ2v) is 9.30. The Labute approximate surface area is 231 Å². The second kappa shape index (κ2) is 15.0. The Kier molecular flexibility index (Phi) is 12.2. The van der Waals surface area contributed by atoms with Crippen LogP contribution in [0.2, 0.25) is 10.0 Å². The molecule has 0 spiro atoms. The van der Waals surface area contributed by atoms with Crippen LogP contribution in [-0.2, 0) is 14.3 Å². The Morgan fingerprint density at radius 1 is 1.00 bits per heavy atom. The number of hydrogen-bond acceptors (Lipinski definition) is 8. The number of methoxy groups -OCH3 is 1. The number of ether oxygens (including phenoxy) is 4. The van der Waals surface area contributed by atoms with Crippen LogP contribution < -0.4 is 25.0 Å². The smallest absolute Gasteiger partial charge is 0.493 e. The van der Waals surface area contributed by atoms with Gasteiger partial charge in [-0.2, -0.15) is 5.10 Å². The molecule has 0 bridgehead atoms. The fourth-order valence-electron chi connectivity index (χ4n) is 3.14. The summed E-state index contributed by atoms with van der Waals surface area (Å²) >= 11 is 12.0. The summed E-state index contributed by atoms with van der Waals surface area (Å²) in [4.78, 5) is 37.1. The molecule has 2 amide bonds. The Bertz CT molecular complexity index is 1160. The molecule has 0 aliphatic carbocycles. The highest BCUT2D eigenvalue weighted by Crippen LogP contribution is 2.29. The van der Waals surface area contributed by atoms with Crippen LogP contribution in [0.1, 0.15) is 39.7 Å². The number of nitrogens with zero attached hydrogens (tertiary/aromatic N) is 1. The number of carbonyl (C=O) groups excluding carboxylic acids is 3. The largest absolute Gasteiger partial charge is 0.513 e. The van der Waals surface area contributed by atoms with Crippen molar-refractivity contribution < 1.29 is 33.3 Å². The number of hydrogen-bond donors (Lipinski definition) is 2.